The van der Waals surface area contributed by atoms with Crippen LogP contribution in [-0.2, 0) is 0 Å². The van der Waals surface area contributed by atoms with E-state index in [1.165, 1.54) is 43.1 Å². The molecule has 0 aliphatic rings. The molecule has 25 rings (SSSR count). The molecule has 116 heavy (non-hydrogen) atoms. The van der Waals surface area contributed by atoms with Crippen LogP contribution in [-0.4, -0.2) is 9.13 Å². The summed E-state index contributed by atoms with van der Waals surface area (Å²) < 4.78 is 31.2. The molecule has 0 aliphatic heterocycles. The Morgan fingerprint density at radius 2 is 0.491 bits per heavy atom. The quantitative estimate of drug-likeness (QED) is 0.129. The standard InChI is InChI=1S/C108H64N4O4/c1-2-15-69-56-78(41-31-65(69)13-1)109(76-39-29-67(30-40-76)74-36-53-98-95(59-74)108-84-16-4-3-14-68(84)34-54-99(108)112(98)83-46-51-92-88-20-8-12-24-102(88)115-106(92)64-83)81-44-49-93-89-47-33-75(60-103(89)116-107(93)62-81)70-25-26-72-57-79(42-32-71(72)55-70)110(80-43-48-90-86-18-6-10-22-100(86)113-104(90)61-80)77-37-27-66(28-38-77)73-35-52-97-94(58-73)85-17-5-9-21-96(85)111(97)82-45-50-91-87-19-7-11-23-101(87)114-105(91)63-82/h1-64H. The highest BCUT2D eigenvalue weighted by atomic mass is 16.3. The lowest BCUT2D eigenvalue weighted by atomic mass is 9.99. The van der Waals surface area contributed by atoms with E-state index < -0.39 is 0 Å². The Bertz CT molecular complexity index is 8440. The van der Waals surface area contributed by atoms with Crippen molar-refractivity contribution in [1.82, 2.24) is 9.13 Å². The molecule has 0 radical (unpaired) electrons. The molecule has 0 N–H and O–H groups in total. The monoisotopic (exact) mass is 1480 g/mol. The molecule has 0 aliphatic carbocycles. The van der Waals surface area contributed by atoms with Crippen molar-refractivity contribution >= 4 is 198 Å². The largest absolute Gasteiger partial charge is 0.456 e. The maximum atomic E-state index is 6.99. The summed E-state index contributed by atoms with van der Waals surface area (Å²) in [7, 11) is 0. The van der Waals surface area contributed by atoms with Crippen LogP contribution in [0.3, 0.4) is 0 Å². The Hall–Kier alpha value is -15.6. The molecule has 6 aromatic heterocycles. The van der Waals surface area contributed by atoms with Crippen molar-refractivity contribution in [2.24, 2.45) is 0 Å². The second-order valence-electron chi connectivity index (χ2n) is 30.7. The number of hydrogen-bond acceptors (Lipinski definition) is 6. The minimum atomic E-state index is 0.815. The molecule has 0 atom stereocenters. The van der Waals surface area contributed by atoms with Gasteiger partial charge in [-0.25, -0.2) is 0 Å². The SMILES string of the molecule is c1ccc2cc(N(c3ccc(-c4ccc5c(c4)c4c6ccccc6ccc4n5-c4ccc5c(c4)oc4ccccc45)cc3)c3ccc4c(c3)oc3cc(-c5ccc6cc(N(c7ccc(-c8ccc9c(c8)c8ccccc8n9-c8ccc9c(c8)oc8ccccc89)cc7)c7ccc8c(c7)oc7ccccc78)ccc6c5)ccc34)ccc2c1. The van der Waals surface area contributed by atoms with Gasteiger partial charge in [-0.1, -0.05) is 194 Å². The van der Waals surface area contributed by atoms with E-state index in [9.17, 15) is 0 Å². The first kappa shape index (κ1) is 64.1. The maximum absolute atomic E-state index is 6.99. The van der Waals surface area contributed by atoms with Crippen molar-refractivity contribution in [1.29, 1.82) is 0 Å². The van der Waals surface area contributed by atoms with Crippen molar-refractivity contribution in [2.75, 3.05) is 9.80 Å². The Morgan fingerprint density at radius 1 is 0.164 bits per heavy atom. The Labute approximate surface area is 663 Å². The fourth-order valence-electron chi connectivity index (χ4n) is 18.7. The van der Waals surface area contributed by atoms with Crippen LogP contribution in [0.25, 0.3) is 208 Å². The van der Waals surface area contributed by atoms with Gasteiger partial charge in [-0.15, -0.1) is 0 Å². The number of benzene rings is 19. The number of hydrogen-bond donors (Lipinski definition) is 0. The highest BCUT2D eigenvalue weighted by Gasteiger charge is 2.24. The van der Waals surface area contributed by atoms with Crippen LogP contribution in [0.1, 0.15) is 0 Å². The first-order chi connectivity index (χ1) is 57.4. The number of furan rings is 4. The van der Waals surface area contributed by atoms with Crippen LogP contribution in [0, 0.1) is 0 Å². The zero-order valence-electron chi connectivity index (χ0n) is 62.4. The first-order valence-electron chi connectivity index (χ1n) is 39.5. The van der Waals surface area contributed by atoms with Gasteiger partial charge in [-0.2, -0.15) is 0 Å². The van der Waals surface area contributed by atoms with Gasteiger partial charge in [-0.3, -0.25) is 0 Å². The topological polar surface area (TPSA) is 68.9 Å². The van der Waals surface area contributed by atoms with Gasteiger partial charge in [-0.05, 0) is 236 Å². The molecule has 8 nitrogen and oxygen atoms in total. The average Bonchev–Trinajstić information content (AvgIpc) is 1.69. The lowest BCUT2D eigenvalue weighted by Crippen LogP contribution is -2.09. The molecule has 0 fully saturated rings. The molecule has 0 bridgehead atoms. The van der Waals surface area contributed by atoms with E-state index in [2.05, 4.69) is 371 Å². The zero-order valence-corrected chi connectivity index (χ0v) is 62.4. The van der Waals surface area contributed by atoms with Gasteiger partial charge < -0.3 is 36.6 Å². The Kier molecular flexibility index (Phi) is 13.8. The highest BCUT2D eigenvalue weighted by molar-refractivity contribution is 6.23. The van der Waals surface area contributed by atoms with Crippen molar-refractivity contribution in [3.63, 3.8) is 0 Å². The summed E-state index contributed by atoms with van der Waals surface area (Å²) in [6.45, 7) is 0. The molecule has 19 aromatic carbocycles. The maximum Gasteiger partial charge on any atom is 0.137 e. The molecule has 6 heterocycles. The molecule has 0 spiro atoms. The molecule has 0 saturated carbocycles. The van der Waals surface area contributed by atoms with Crippen LogP contribution in [0.4, 0.5) is 34.1 Å². The van der Waals surface area contributed by atoms with Crippen LogP contribution < -0.4 is 9.80 Å². The third kappa shape index (κ3) is 10.00. The van der Waals surface area contributed by atoms with E-state index in [-0.39, 0.29) is 0 Å². The lowest BCUT2D eigenvalue weighted by molar-refractivity contribution is 0.668. The highest BCUT2D eigenvalue weighted by Crippen LogP contribution is 2.47. The smallest absolute Gasteiger partial charge is 0.137 e. The number of rotatable bonds is 11. The van der Waals surface area contributed by atoms with Crippen LogP contribution in [0.5, 0.6) is 0 Å². The van der Waals surface area contributed by atoms with Gasteiger partial charge in [0.25, 0.3) is 0 Å². The summed E-state index contributed by atoms with van der Waals surface area (Å²) >= 11 is 0. The Morgan fingerprint density at radius 3 is 1.09 bits per heavy atom. The predicted molar refractivity (Wildman–Crippen MR) is 482 cm³/mol. The van der Waals surface area contributed by atoms with Crippen molar-refractivity contribution in [3.05, 3.63) is 388 Å². The molecule has 0 saturated heterocycles. The van der Waals surface area contributed by atoms with E-state index in [1.54, 1.807) is 0 Å². The van der Waals surface area contributed by atoms with E-state index in [4.69, 9.17) is 17.7 Å². The van der Waals surface area contributed by atoms with Gasteiger partial charge in [0.1, 0.15) is 44.7 Å². The Balaban J connectivity index is 0.537. The molecule has 8 heteroatoms. The summed E-state index contributed by atoms with van der Waals surface area (Å²) in [5.74, 6) is 0. The zero-order chi connectivity index (χ0) is 75.8. The summed E-state index contributed by atoms with van der Waals surface area (Å²) in [4.78, 5) is 4.69. The summed E-state index contributed by atoms with van der Waals surface area (Å²) in [5.41, 5.74) is 26.4. The van der Waals surface area contributed by atoms with Crippen LogP contribution in [0.2, 0.25) is 0 Å². The third-order valence-electron chi connectivity index (χ3n) is 24.2. The van der Waals surface area contributed by atoms with E-state index in [1.807, 2.05) is 36.4 Å². The summed E-state index contributed by atoms with van der Waals surface area (Å²) in [6, 6.07) is 140. The number of nitrogens with zero attached hydrogens (tertiary/aromatic N) is 4. The first-order valence-corrected chi connectivity index (χ1v) is 39.5. The number of aromatic nitrogens is 2. The molecule has 0 unspecified atom stereocenters. The predicted octanol–water partition coefficient (Wildman–Crippen LogP) is 30.9. The molecular formula is C108H64N4O4. The van der Waals surface area contributed by atoms with Crippen molar-refractivity contribution < 1.29 is 17.7 Å². The van der Waals surface area contributed by atoms with Gasteiger partial charge in [0, 0.05) is 134 Å². The normalized spacial score (nSPS) is 12.1. The third-order valence-corrected chi connectivity index (χ3v) is 24.2. The second kappa shape index (κ2) is 24.9. The lowest BCUT2D eigenvalue weighted by Gasteiger charge is -2.26. The fourth-order valence-corrected chi connectivity index (χ4v) is 18.7. The second-order valence-corrected chi connectivity index (χ2v) is 30.7. The van der Waals surface area contributed by atoms with Crippen molar-refractivity contribution in [2.45, 2.75) is 0 Å². The fraction of sp³-hybridized carbons (Fsp3) is 0. The molecule has 540 valence electrons. The molecule has 25 aromatic rings. The minimum absolute atomic E-state index is 0.815. The van der Waals surface area contributed by atoms with Crippen molar-refractivity contribution in [3.8, 4) is 44.8 Å². The van der Waals surface area contributed by atoms with Crippen LogP contribution in [0.15, 0.2) is 406 Å². The van der Waals surface area contributed by atoms with E-state index in [0.29, 0.717) is 0 Å². The minimum Gasteiger partial charge on any atom is -0.456 e. The van der Waals surface area contributed by atoms with Crippen LogP contribution >= 0.6 is 0 Å². The van der Waals surface area contributed by atoms with Gasteiger partial charge >= 0.3 is 0 Å². The summed E-state index contributed by atoms with van der Waals surface area (Å²) in [6.07, 6.45) is 0. The van der Waals surface area contributed by atoms with E-state index >= 15 is 0 Å². The average molecular weight is 1480 g/mol. The molecular weight excluding hydrogens is 1420 g/mol. The number of fused-ring (bicyclic) bond motifs is 22. The number of para-hydroxylation sites is 4. The number of anilines is 6. The van der Waals surface area contributed by atoms with Gasteiger partial charge in [0.05, 0.1) is 22.1 Å². The van der Waals surface area contributed by atoms with Gasteiger partial charge in [0.2, 0.25) is 0 Å². The van der Waals surface area contributed by atoms with E-state index in [0.717, 1.165) is 199 Å². The van der Waals surface area contributed by atoms with Gasteiger partial charge in [0.15, 0.2) is 0 Å². The molecule has 0 amide bonds. The summed E-state index contributed by atoms with van der Waals surface area (Å²) in [5, 5.41) is 20.6.